The van der Waals surface area contributed by atoms with Crippen LogP contribution in [0.4, 0.5) is 0 Å². The fraction of sp³-hybridized carbons (Fsp3) is 0.385. The van der Waals surface area contributed by atoms with Crippen LogP contribution in [0, 0.1) is 0 Å². The van der Waals surface area contributed by atoms with Crippen LogP contribution in [0.3, 0.4) is 0 Å². The molecule has 14 heavy (non-hydrogen) atoms. The molecule has 0 fully saturated rings. The Morgan fingerprint density at radius 2 is 1.93 bits per heavy atom. The first-order valence-electron chi connectivity index (χ1n) is 5.32. The molecule has 1 aromatic carbocycles. The van der Waals surface area contributed by atoms with Crippen molar-refractivity contribution in [3.05, 3.63) is 37.7 Å². The molecule has 1 heteroatoms. The average molecular weight is 348 g/mol. The molecule has 0 heterocycles. The topological polar surface area (TPSA) is 0 Å². The molecule has 0 saturated heterocycles. The first kappa shape index (κ1) is 9.08. The number of allylic oxidation sites excluding steroid dienone is 2. The van der Waals surface area contributed by atoms with Crippen LogP contribution >= 0.6 is 0 Å². The molecule has 3 rings (SSSR count). The van der Waals surface area contributed by atoms with Crippen LogP contribution in [0.15, 0.2) is 15.5 Å². The predicted molar refractivity (Wildman–Crippen MR) is 54.8 cm³/mol. The number of hydrogen-bond donors (Lipinski definition) is 0. The monoisotopic (exact) mass is 349 g/mol. The molecular formula is C13H13Hf. The van der Waals surface area contributed by atoms with Crippen LogP contribution in [0.5, 0.6) is 0 Å². The van der Waals surface area contributed by atoms with Crippen LogP contribution in [0.1, 0.15) is 35.6 Å². The van der Waals surface area contributed by atoms with E-state index in [-0.39, 0.29) is 0 Å². The van der Waals surface area contributed by atoms with E-state index in [1.54, 1.807) is 31.2 Å². The van der Waals surface area contributed by atoms with E-state index in [2.05, 4.69) is 19.1 Å². The molecule has 0 aromatic heterocycles. The zero-order valence-corrected chi connectivity index (χ0v) is 12.1. The minimum atomic E-state index is 1.24. The molecule has 2 aliphatic rings. The van der Waals surface area contributed by atoms with Gasteiger partial charge < -0.3 is 0 Å². The molecule has 0 bridgehead atoms. The fourth-order valence-electron chi connectivity index (χ4n) is 2.80. The Hall–Kier alpha value is -0.170. The summed E-state index contributed by atoms with van der Waals surface area (Å²) in [7, 11) is 0. The van der Waals surface area contributed by atoms with Gasteiger partial charge in [0.25, 0.3) is 0 Å². The molecule has 0 radical (unpaired) electrons. The molecule has 0 amide bonds. The molecule has 0 atom stereocenters. The normalized spacial score (nSPS) is 18.6. The maximum atomic E-state index is 2.37. The van der Waals surface area contributed by atoms with E-state index in [9.17, 15) is 0 Å². The first-order valence-corrected chi connectivity index (χ1v) is 7.12. The van der Waals surface area contributed by atoms with Crippen LogP contribution in [-0.4, -0.2) is 0 Å². The third-order valence-electron chi connectivity index (χ3n) is 3.56. The van der Waals surface area contributed by atoms with Crippen molar-refractivity contribution in [2.45, 2.75) is 32.6 Å². The second-order valence-corrected chi connectivity index (χ2v) is 6.54. The molecule has 2 aliphatic carbocycles. The van der Waals surface area contributed by atoms with Crippen molar-refractivity contribution in [1.29, 1.82) is 0 Å². The summed E-state index contributed by atoms with van der Waals surface area (Å²) in [5, 5.41) is 0. The Bertz CT molecular complexity index is 441. The van der Waals surface area contributed by atoms with E-state index in [4.69, 9.17) is 0 Å². The Morgan fingerprint density at radius 3 is 2.79 bits per heavy atom. The van der Waals surface area contributed by atoms with Gasteiger partial charge in [0.05, 0.1) is 0 Å². The van der Waals surface area contributed by atoms with Gasteiger partial charge in [0.15, 0.2) is 0 Å². The Balaban J connectivity index is 2.28. The van der Waals surface area contributed by atoms with Gasteiger partial charge in [0.1, 0.15) is 0 Å². The van der Waals surface area contributed by atoms with Crippen molar-refractivity contribution in [2.24, 2.45) is 0 Å². The first-order chi connectivity index (χ1) is 6.77. The molecule has 1 aromatic rings. The van der Waals surface area contributed by atoms with Gasteiger partial charge in [-0.1, -0.05) is 0 Å². The summed E-state index contributed by atoms with van der Waals surface area (Å²) in [6.07, 6.45) is 5.26. The zero-order valence-electron chi connectivity index (χ0n) is 8.48. The second-order valence-electron chi connectivity index (χ2n) is 4.37. The standard InChI is InChI=1S/C13H13.Hf/c1-9-5-6-11-8-7-10-3-2-4-12(10)13(9)11;/h7-8H,2-4,6H2,1H3;. The van der Waals surface area contributed by atoms with E-state index in [0.717, 1.165) is 0 Å². The Kier molecular flexibility index (Phi) is 2.05. The van der Waals surface area contributed by atoms with Gasteiger partial charge in [-0.3, -0.25) is 0 Å². The summed E-state index contributed by atoms with van der Waals surface area (Å²) in [6, 6.07) is 4.74. The van der Waals surface area contributed by atoms with Gasteiger partial charge in [-0.15, -0.1) is 0 Å². The number of fused-ring (bicyclic) bond motifs is 3. The third-order valence-corrected chi connectivity index (χ3v) is 5.55. The number of aryl methyl sites for hydroxylation is 1. The zero-order chi connectivity index (χ0) is 9.71. The van der Waals surface area contributed by atoms with Crippen molar-refractivity contribution in [3.8, 4) is 0 Å². The molecule has 0 saturated carbocycles. The molecular weight excluding hydrogens is 335 g/mol. The average Bonchev–Trinajstić information content (AvgIpc) is 2.72. The number of hydrogen-bond acceptors (Lipinski definition) is 0. The molecule has 0 spiro atoms. The second kappa shape index (κ2) is 3.16. The predicted octanol–water partition coefficient (Wildman–Crippen LogP) is 3.01. The van der Waals surface area contributed by atoms with Gasteiger partial charge in [-0.05, 0) is 0 Å². The SMILES string of the molecule is CC1=[C]([Hf])Cc2ccc3c(c21)CCC3. The van der Waals surface area contributed by atoms with Crippen LogP contribution in [0.2, 0.25) is 0 Å². The summed E-state index contributed by atoms with van der Waals surface area (Å²) in [5.41, 5.74) is 8.17. The molecule has 69 valence electrons. The van der Waals surface area contributed by atoms with E-state index in [1.807, 2.05) is 0 Å². The van der Waals surface area contributed by atoms with Crippen LogP contribution < -0.4 is 0 Å². The number of rotatable bonds is 0. The Labute approximate surface area is 100.0 Å². The minimum absolute atomic E-state index is 1.24. The third kappa shape index (κ3) is 1.14. The Morgan fingerprint density at radius 1 is 1.14 bits per heavy atom. The summed E-state index contributed by atoms with van der Waals surface area (Å²) in [5.74, 6) is 0. The summed E-state index contributed by atoms with van der Waals surface area (Å²) >= 11 is 1.24. The van der Waals surface area contributed by atoms with E-state index in [0.29, 0.717) is 0 Å². The van der Waals surface area contributed by atoms with Crippen LogP contribution in [0.25, 0.3) is 5.57 Å². The van der Waals surface area contributed by atoms with E-state index in [1.165, 1.54) is 50.1 Å². The maximum absolute atomic E-state index is 2.37. The van der Waals surface area contributed by atoms with E-state index < -0.39 is 0 Å². The van der Waals surface area contributed by atoms with Crippen molar-refractivity contribution >= 4 is 5.57 Å². The number of benzene rings is 1. The molecule has 0 N–H and O–H groups in total. The van der Waals surface area contributed by atoms with E-state index >= 15 is 0 Å². The van der Waals surface area contributed by atoms with Gasteiger partial charge >= 0.3 is 100 Å². The van der Waals surface area contributed by atoms with Crippen LogP contribution in [-0.2, 0) is 43.6 Å². The van der Waals surface area contributed by atoms with Crippen molar-refractivity contribution in [2.75, 3.05) is 0 Å². The van der Waals surface area contributed by atoms with Gasteiger partial charge in [-0.25, -0.2) is 0 Å². The molecule has 0 unspecified atom stereocenters. The van der Waals surface area contributed by atoms with Gasteiger partial charge in [-0.2, -0.15) is 0 Å². The van der Waals surface area contributed by atoms with Gasteiger partial charge in [0, 0.05) is 0 Å². The molecule has 0 nitrogen and oxygen atoms in total. The summed E-state index contributed by atoms with van der Waals surface area (Å²) in [6.45, 7) is 2.33. The van der Waals surface area contributed by atoms with Crippen molar-refractivity contribution in [1.82, 2.24) is 0 Å². The van der Waals surface area contributed by atoms with Crippen molar-refractivity contribution in [3.63, 3.8) is 0 Å². The van der Waals surface area contributed by atoms with Gasteiger partial charge in [0.2, 0.25) is 0 Å². The summed E-state index contributed by atoms with van der Waals surface area (Å²) < 4.78 is 1.71. The fourth-order valence-corrected chi connectivity index (χ4v) is 3.94. The molecule has 0 aliphatic heterocycles. The quantitative estimate of drug-likeness (QED) is 0.633. The summed E-state index contributed by atoms with van der Waals surface area (Å²) in [4.78, 5) is 0. The van der Waals surface area contributed by atoms with Crippen molar-refractivity contribution < 1.29 is 24.4 Å².